The maximum Gasteiger partial charge on any atom is 0.354 e. The molecule has 0 bridgehead atoms. The van der Waals surface area contributed by atoms with Gasteiger partial charge >= 0.3 is 5.97 Å². The summed E-state index contributed by atoms with van der Waals surface area (Å²) in [6, 6.07) is 1.78. The van der Waals surface area contributed by atoms with Crippen LogP contribution in [0.15, 0.2) is 12.4 Å². The first kappa shape index (κ1) is 14.7. The van der Waals surface area contributed by atoms with E-state index < -0.39 is 5.97 Å². The van der Waals surface area contributed by atoms with Gasteiger partial charge in [0.25, 0.3) is 0 Å². The molecule has 0 spiro atoms. The predicted molar refractivity (Wildman–Crippen MR) is 73.7 cm³/mol. The van der Waals surface area contributed by atoms with E-state index in [4.69, 9.17) is 9.84 Å². The first-order chi connectivity index (χ1) is 9.69. The Morgan fingerprint density at radius 2 is 2.25 bits per heavy atom. The van der Waals surface area contributed by atoms with Crippen LogP contribution in [0, 0.1) is 0 Å². The van der Waals surface area contributed by atoms with Gasteiger partial charge in [0.05, 0.1) is 6.73 Å². The lowest BCUT2D eigenvalue weighted by Crippen LogP contribution is -2.40. The minimum Gasteiger partial charge on any atom is -0.477 e. The van der Waals surface area contributed by atoms with Crippen molar-refractivity contribution in [3.8, 4) is 0 Å². The van der Waals surface area contributed by atoms with Gasteiger partial charge < -0.3 is 15.2 Å². The molecule has 1 aliphatic heterocycles. The average molecular weight is 280 g/mol. The number of anilines is 1. The molecule has 2 rings (SSSR count). The number of hydrogen-bond donors (Lipinski definition) is 2. The van der Waals surface area contributed by atoms with Crippen molar-refractivity contribution >= 4 is 11.8 Å². The van der Waals surface area contributed by atoms with Gasteiger partial charge in [0, 0.05) is 31.8 Å². The van der Waals surface area contributed by atoms with Crippen LogP contribution in [0.25, 0.3) is 0 Å². The van der Waals surface area contributed by atoms with Crippen molar-refractivity contribution in [2.75, 3.05) is 31.7 Å². The molecule has 0 unspecified atom stereocenters. The van der Waals surface area contributed by atoms with Gasteiger partial charge in [-0.3, -0.25) is 4.90 Å². The quantitative estimate of drug-likeness (QED) is 0.805. The molecule has 0 amide bonds. The number of nitrogens with zero attached hydrogens (tertiary/aromatic N) is 3. The van der Waals surface area contributed by atoms with Crippen molar-refractivity contribution in [2.24, 2.45) is 0 Å². The smallest absolute Gasteiger partial charge is 0.354 e. The highest BCUT2D eigenvalue weighted by molar-refractivity contribution is 5.86. The molecule has 0 aromatic carbocycles. The second kappa shape index (κ2) is 7.16. The van der Waals surface area contributed by atoms with Gasteiger partial charge in [0.15, 0.2) is 5.69 Å². The monoisotopic (exact) mass is 280 g/mol. The molecule has 1 fully saturated rings. The third-order valence-corrected chi connectivity index (χ3v) is 3.30. The standard InChI is InChI=1S/C13H20N4O3/c1-2-20-9-17-5-3-10(4-6-17)16-12-7-11(13(18)19)14-8-15-12/h7-8,10H,2-6,9H2,1H3,(H,18,19)(H,14,15,16). The summed E-state index contributed by atoms with van der Waals surface area (Å²) in [6.07, 6.45) is 3.25. The molecule has 20 heavy (non-hydrogen) atoms. The number of piperidine rings is 1. The Balaban J connectivity index is 1.83. The van der Waals surface area contributed by atoms with Crippen LogP contribution >= 0.6 is 0 Å². The summed E-state index contributed by atoms with van der Waals surface area (Å²) in [5.41, 5.74) is 0.0104. The minimum absolute atomic E-state index is 0.0104. The summed E-state index contributed by atoms with van der Waals surface area (Å²) in [5, 5.41) is 12.2. The zero-order valence-electron chi connectivity index (χ0n) is 11.6. The SMILES string of the molecule is CCOCN1CCC(Nc2cc(C(=O)O)ncn2)CC1. The summed E-state index contributed by atoms with van der Waals surface area (Å²) >= 11 is 0. The number of hydrogen-bond acceptors (Lipinski definition) is 6. The van der Waals surface area contributed by atoms with Gasteiger partial charge in [-0.25, -0.2) is 14.8 Å². The number of carboxylic acids is 1. The van der Waals surface area contributed by atoms with Crippen LogP contribution in [-0.2, 0) is 4.74 Å². The average Bonchev–Trinajstić information content (AvgIpc) is 2.47. The maximum absolute atomic E-state index is 10.9. The first-order valence-corrected chi connectivity index (χ1v) is 6.81. The van der Waals surface area contributed by atoms with Crippen LogP contribution in [0.2, 0.25) is 0 Å². The second-order valence-corrected chi connectivity index (χ2v) is 4.75. The number of ether oxygens (including phenoxy) is 1. The van der Waals surface area contributed by atoms with Gasteiger partial charge in [0.2, 0.25) is 0 Å². The molecule has 2 N–H and O–H groups in total. The van der Waals surface area contributed by atoms with Gasteiger partial charge in [-0.15, -0.1) is 0 Å². The van der Waals surface area contributed by atoms with Crippen molar-refractivity contribution in [1.29, 1.82) is 0 Å². The Hall–Kier alpha value is -1.73. The van der Waals surface area contributed by atoms with Crippen molar-refractivity contribution in [2.45, 2.75) is 25.8 Å². The number of rotatable bonds is 6. The number of nitrogens with one attached hydrogen (secondary N) is 1. The molecule has 1 aliphatic rings. The van der Waals surface area contributed by atoms with Gasteiger partial charge in [-0.2, -0.15) is 0 Å². The Morgan fingerprint density at radius 1 is 1.50 bits per heavy atom. The van der Waals surface area contributed by atoms with E-state index in [1.54, 1.807) is 0 Å². The summed E-state index contributed by atoms with van der Waals surface area (Å²) in [6.45, 7) is 5.34. The molecule has 110 valence electrons. The topological polar surface area (TPSA) is 87.6 Å². The van der Waals surface area contributed by atoms with Crippen molar-refractivity contribution in [3.05, 3.63) is 18.1 Å². The van der Waals surface area contributed by atoms with Gasteiger partial charge in [-0.1, -0.05) is 0 Å². The molecule has 0 aliphatic carbocycles. The number of carbonyl (C=O) groups is 1. The normalized spacial score (nSPS) is 17.1. The zero-order valence-corrected chi connectivity index (χ0v) is 11.6. The van der Waals surface area contributed by atoms with E-state index in [0.29, 0.717) is 18.6 Å². The highest BCUT2D eigenvalue weighted by Crippen LogP contribution is 2.15. The van der Waals surface area contributed by atoms with Crippen molar-refractivity contribution < 1.29 is 14.6 Å². The Kier molecular flexibility index (Phi) is 5.25. The molecule has 0 radical (unpaired) electrons. The molecule has 1 aromatic heterocycles. The Labute approximate surface area is 118 Å². The minimum atomic E-state index is -1.04. The van der Waals surface area contributed by atoms with Crippen molar-refractivity contribution in [3.63, 3.8) is 0 Å². The maximum atomic E-state index is 10.9. The Morgan fingerprint density at radius 3 is 2.90 bits per heavy atom. The molecule has 0 atom stereocenters. The van der Waals surface area contributed by atoms with Crippen LogP contribution in [0.5, 0.6) is 0 Å². The summed E-state index contributed by atoms with van der Waals surface area (Å²) in [7, 11) is 0. The lowest BCUT2D eigenvalue weighted by molar-refractivity contribution is 0.0238. The fraction of sp³-hybridized carbons (Fsp3) is 0.615. The largest absolute Gasteiger partial charge is 0.477 e. The molecule has 1 saturated heterocycles. The van der Waals surface area contributed by atoms with Crippen LogP contribution in [0.4, 0.5) is 5.82 Å². The fourth-order valence-corrected chi connectivity index (χ4v) is 2.19. The predicted octanol–water partition coefficient (Wildman–Crippen LogP) is 1.05. The van der Waals surface area contributed by atoms with Crippen LogP contribution in [0.1, 0.15) is 30.3 Å². The number of likely N-dealkylation sites (tertiary alicyclic amines) is 1. The van der Waals surface area contributed by atoms with Gasteiger partial charge in [-0.05, 0) is 19.8 Å². The lowest BCUT2D eigenvalue weighted by atomic mass is 10.1. The van der Waals surface area contributed by atoms with E-state index in [-0.39, 0.29) is 5.69 Å². The highest BCUT2D eigenvalue weighted by Gasteiger charge is 2.19. The molecule has 0 saturated carbocycles. The van der Waals surface area contributed by atoms with Crippen LogP contribution in [0.3, 0.4) is 0 Å². The second-order valence-electron chi connectivity index (χ2n) is 4.75. The zero-order chi connectivity index (χ0) is 14.4. The third kappa shape index (κ3) is 4.14. The molecular weight excluding hydrogens is 260 g/mol. The van der Waals surface area contributed by atoms with Gasteiger partial charge in [0.1, 0.15) is 12.1 Å². The number of carboxylic acid groups (broad SMARTS) is 1. The van der Waals surface area contributed by atoms with Crippen molar-refractivity contribution in [1.82, 2.24) is 14.9 Å². The van der Waals surface area contributed by atoms with E-state index in [2.05, 4.69) is 20.2 Å². The lowest BCUT2D eigenvalue weighted by Gasteiger charge is -2.32. The molecular formula is C13H20N4O3. The van der Waals surface area contributed by atoms with Crippen LogP contribution in [-0.4, -0.2) is 58.4 Å². The first-order valence-electron chi connectivity index (χ1n) is 6.81. The highest BCUT2D eigenvalue weighted by atomic mass is 16.5. The number of aromatic carboxylic acids is 1. The van der Waals surface area contributed by atoms with E-state index >= 15 is 0 Å². The molecule has 2 heterocycles. The van der Waals surface area contributed by atoms with Crippen LogP contribution < -0.4 is 5.32 Å². The van der Waals surface area contributed by atoms with E-state index in [0.717, 1.165) is 32.5 Å². The summed E-state index contributed by atoms with van der Waals surface area (Å²) in [4.78, 5) is 20.9. The molecule has 1 aromatic rings. The fourth-order valence-electron chi connectivity index (χ4n) is 2.19. The third-order valence-electron chi connectivity index (χ3n) is 3.30. The van der Waals surface area contributed by atoms with E-state index in [1.807, 2.05) is 6.92 Å². The van der Waals surface area contributed by atoms with E-state index in [9.17, 15) is 4.79 Å². The summed E-state index contributed by atoms with van der Waals surface area (Å²) in [5.74, 6) is -0.470. The number of aromatic nitrogens is 2. The molecule has 7 heteroatoms. The Bertz CT molecular complexity index is 447. The van der Waals surface area contributed by atoms with E-state index in [1.165, 1.54) is 12.4 Å². The molecule has 7 nitrogen and oxygen atoms in total. The summed E-state index contributed by atoms with van der Waals surface area (Å²) < 4.78 is 5.39.